The predicted molar refractivity (Wildman–Crippen MR) is 81.7 cm³/mol. The maximum Gasteiger partial charge on any atom is 0.303 e. The molecule has 2 rings (SSSR count). The number of benzene rings is 1. The van der Waals surface area contributed by atoms with E-state index in [1.807, 2.05) is 0 Å². The molecule has 6 nitrogen and oxygen atoms in total. The molecule has 0 saturated carbocycles. The second-order valence-electron chi connectivity index (χ2n) is 4.81. The summed E-state index contributed by atoms with van der Waals surface area (Å²) in [7, 11) is -3.97. The topological polar surface area (TPSA) is 85.4 Å². The summed E-state index contributed by atoms with van der Waals surface area (Å²) in [5, 5.41) is 0. The molecule has 8 heteroatoms. The fourth-order valence-electron chi connectivity index (χ4n) is 1.85. The van der Waals surface area contributed by atoms with Crippen LogP contribution in [0.25, 0.3) is 0 Å². The van der Waals surface area contributed by atoms with Crippen LogP contribution < -0.4 is 4.72 Å². The van der Waals surface area contributed by atoms with Gasteiger partial charge in [0.05, 0.1) is 10.6 Å². The van der Waals surface area contributed by atoms with Crippen molar-refractivity contribution < 1.29 is 22.3 Å². The fraction of sp³-hybridized carbons (Fsp3) is 0.200. The number of rotatable bonds is 5. The van der Waals surface area contributed by atoms with Gasteiger partial charge in [0.25, 0.3) is 10.0 Å². The van der Waals surface area contributed by atoms with Crippen LogP contribution in [0.2, 0.25) is 0 Å². The number of halogens is 1. The number of carbonyl (C=O) groups excluding carboxylic acids is 1. The molecule has 0 radical (unpaired) electrons. The lowest BCUT2D eigenvalue weighted by molar-refractivity contribution is -0.142. The van der Waals surface area contributed by atoms with Crippen LogP contribution in [0.1, 0.15) is 18.2 Å². The van der Waals surface area contributed by atoms with Crippen molar-refractivity contribution in [3.63, 3.8) is 0 Å². The molecule has 0 aliphatic rings. The Morgan fingerprint density at radius 3 is 2.74 bits per heavy atom. The highest BCUT2D eigenvalue weighted by Gasteiger charge is 2.18. The summed E-state index contributed by atoms with van der Waals surface area (Å²) in [5.74, 6) is -1.06. The molecule has 0 spiro atoms. The van der Waals surface area contributed by atoms with Gasteiger partial charge in [-0.25, -0.2) is 17.8 Å². The molecule has 0 aliphatic carbocycles. The number of aromatic nitrogens is 1. The molecule has 0 aliphatic heterocycles. The van der Waals surface area contributed by atoms with E-state index >= 15 is 0 Å². The minimum Gasteiger partial charge on any atom is -0.459 e. The number of hydrogen-bond acceptors (Lipinski definition) is 5. The number of carbonyl (C=O) groups is 1. The molecule has 1 N–H and O–H groups in total. The average molecular weight is 338 g/mol. The van der Waals surface area contributed by atoms with Gasteiger partial charge in [-0.15, -0.1) is 0 Å². The number of ether oxygens (including phenoxy) is 1. The van der Waals surface area contributed by atoms with E-state index in [4.69, 9.17) is 4.74 Å². The molecule has 0 unspecified atom stereocenters. The molecule has 0 fully saturated rings. The lowest BCUT2D eigenvalue weighted by Gasteiger charge is -2.11. The smallest absolute Gasteiger partial charge is 0.303 e. The third-order valence-corrected chi connectivity index (χ3v) is 4.41. The number of nitrogens with zero attached hydrogens (tertiary/aromatic N) is 1. The van der Waals surface area contributed by atoms with Crippen LogP contribution >= 0.6 is 0 Å². The summed E-state index contributed by atoms with van der Waals surface area (Å²) in [6, 6.07) is 8.13. The Labute approximate surface area is 133 Å². The Kier molecular flexibility index (Phi) is 4.95. The molecule has 1 aromatic heterocycles. The third-order valence-electron chi connectivity index (χ3n) is 2.91. The average Bonchev–Trinajstić information content (AvgIpc) is 2.47. The van der Waals surface area contributed by atoms with E-state index in [1.54, 1.807) is 19.1 Å². The molecule has 0 saturated heterocycles. The van der Waals surface area contributed by atoms with Crippen molar-refractivity contribution in [2.75, 3.05) is 4.72 Å². The summed E-state index contributed by atoms with van der Waals surface area (Å²) < 4.78 is 45.1. The summed E-state index contributed by atoms with van der Waals surface area (Å²) in [4.78, 5) is 14.7. The maximum absolute atomic E-state index is 13.3. The number of sulfonamides is 1. The van der Waals surface area contributed by atoms with Gasteiger partial charge in [-0.2, -0.15) is 0 Å². The zero-order valence-electron chi connectivity index (χ0n) is 12.5. The Hall–Kier alpha value is -2.48. The van der Waals surface area contributed by atoms with Crippen molar-refractivity contribution in [1.29, 1.82) is 0 Å². The summed E-state index contributed by atoms with van der Waals surface area (Å²) in [6.45, 7) is 2.77. The fourth-order valence-corrected chi connectivity index (χ4v) is 3.11. The Morgan fingerprint density at radius 2 is 2.04 bits per heavy atom. The van der Waals surface area contributed by atoms with Gasteiger partial charge in [-0.05, 0) is 36.8 Å². The Balaban J connectivity index is 2.25. The molecular weight excluding hydrogens is 323 g/mol. The molecule has 1 heterocycles. The highest BCUT2D eigenvalue weighted by molar-refractivity contribution is 7.92. The number of anilines is 1. The molecule has 0 atom stereocenters. The van der Waals surface area contributed by atoms with Crippen molar-refractivity contribution in [1.82, 2.24) is 4.98 Å². The molecule has 2 aromatic rings. The number of hydrogen-bond donors (Lipinski definition) is 1. The Morgan fingerprint density at radius 1 is 1.30 bits per heavy atom. The molecular formula is C15H15FN2O4S. The highest BCUT2D eigenvalue weighted by Crippen LogP contribution is 2.19. The van der Waals surface area contributed by atoms with E-state index in [0.717, 1.165) is 6.07 Å². The second-order valence-corrected chi connectivity index (χ2v) is 6.46. The Bertz CT molecular complexity index is 837. The van der Waals surface area contributed by atoms with Gasteiger partial charge in [-0.3, -0.25) is 9.52 Å². The zero-order valence-corrected chi connectivity index (χ0v) is 13.4. The van der Waals surface area contributed by atoms with Gasteiger partial charge < -0.3 is 4.74 Å². The lowest BCUT2D eigenvalue weighted by Crippen LogP contribution is -2.16. The van der Waals surface area contributed by atoms with Crippen molar-refractivity contribution >= 4 is 21.8 Å². The molecule has 0 amide bonds. The van der Waals surface area contributed by atoms with Crippen molar-refractivity contribution in [3.8, 4) is 0 Å². The second kappa shape index (κ2) is 6.74. The standard InChI is InChI=1S/C15H15FN2O4S/c1-10-6-7-12(16)8-14(10)23(20,21)18-15-5-3-4-13(17-15)9-22-11(2)19/h3-8H,9H2,1-2H3,(H,17,18). The lowest BCUT2D eigenvalue weighted by atomic mass is 10.2. The van der Waals surface area contributed by atoms with Crippen molar-refractivity contribution in [2.45, 2.75) is 25.3 Å². The van der Waals surface area contributed by atoms with Gasteiger partial charge >= 0.3 is 5.97 Å². The number of pyridine rings is 1. The highest BCUT2D eigenvalue weighted by atomic mass is 32.2. The predicted octanol–water partition coefficient (Wildman–Crippen LogP) is 2.39. The SMILES string of the molecule is CC(=O)OCc1cccc(NS(=O)(=O)c2cc(F)ccc2C)n1. The molecule has 1 aromatic carbocycles. The number of aryl methyl sites for hydroxylation is 1. The maximum atomic E-state index is 13.3. The summed E-state index contributed by atoms with van der Waals surface area (Å²) >= 11 is 0. The quantitative estimate of drug-likeness (QED) is 0.846. The first-order chi connectivity index (χ1) is 10.8. The first-order valence-electron chi connectivity index (χ1n) is 6.66. The third kappa shape index (κ3) is 4.49. The van der Waals surface area contributed by atoms with Crippen LogP contribution in [0.15, 0.2) is 41.3 Å². The monoisotopic (exact) mass is 338 g/mol. The minimum atomic E-state index is -3.97. The van der Waals surface area contributed by atoms with Crippen LogP contribution in [-0.4, -0.2) is 19.4 Å². The number of esters is 1. The van der Waals surface area contributed by atoms with E-state index in [0.29, 0.717) is 11.3 Å². The van der Waals surface area contributed by atoms with Gasteiger partial charge in [0, 0.05) is 6.92 Å². The normalized spacial score (nSPS) is 11.1. The van der Waals surface area contributed by atoms with E-state index in [2.05, 4.69) is 9.71 Å². The van der Waals surface area contributed by atoms with Crippen molar-refractivity contribution in [3.05, 3.63) is 53.5 Å². The van der Waals surface area contributed by atoms with Crippen molar-refractivity contribution in [2.24, 2.45) is 0 Å². The minimum absolute atomic E-state index is 0.0540. The first kappa shape index (κ1) is 16.9. The van der Waals surface area contributed by atoms with Crippen LogP contribution in [0.5, 0.6) is 0 Å². The van der Waals surface area contributed by atoms with Crippen LogP contribution in [-0.2, 0) is 26.2 Å². The van der Waals surface area contributed by atoms with Gasteiger partial charge in [0.2, 0.25) is 0 Å². The van der Waals surface area contributed by atoms with Crippen LogP contribution in [0, 0.1) is 12.7 Å². The van der Waals surface area contributed by atoms with Crippen LogP contribution in [0.3, 0.4) is 0 Å². The summed E-state index contributed by atoms with van der Waals surface area (Å²) in [6.07, 6.45) is 0. The van der Waals surface area contributed by atoms with Crippen LogP contribution in [0.4, 0.5) is 10.2 Å². The van der Waals surface area contributed by atoms with Gasteiger partial charge in [0.1, 0.15) is 18.2 Å². The first-order valence-corrected chi connectivity index (χ1v) is 8.14. The molecule has 23 heavy (non-hydrogen) atoms. The summed E-state index contributed by atoms with van der Waals surface area (Å²) in [5.41, 5.74) is 0.798. The van der Waals surface area contributed by atoms with E-state index in [9.17, 15) is 17.6 Å². The number of nitrogens with one attached hydrogen (secondary N) is 1. The molecule has 0 bridgehead atoms. The molecule has 122 valence electrons. The largest absolute Gasteiger partial charge is 0.459 e. The zero-order chi connectivity index (χ0) is 17.0. The van der Waals surface area contributed by atoms with E-state index in [1.165, 1.54) is 25.1 Å². The van der Waals surface area contributed by atoms with E-state index < -0.39 is 21.8 Å². The van der Waals surface area contributed by atoms with Gasteiger partial charge in [0.15, 0.2) is 0 Å². The van der Waals surface area contributed by atoms with Gasteiger partial charge in [-0.1, -0.05) is 12.1 Å². The van der Waals surface area contributed by atoms with E-state index in [-0.39, 0.29) is 17.3 Å².